The molecule has 0 aliphatic carbocycles. The fourth-order valence-electron chi connectivity index (χ4n) is 3.47. The molecule has 3 aromatic rings. The maximum absolute atomic E-state index is 12.9. The minimum absolute atomic E-state index is 0.281. The number of nitrogens with zero attached hydrogens (tertiary/aromatic N) is 2. The smallest absolute Gasteiger partial charge is 0.269 e. The van der Waals surface area contributed by atoms with Gasteiger partial charge >= 0.3 is 0 Å². The molecule has 0 radical (unpaired) electrons. The van der Waals surface area contributed by atoms with Gasteiger partial charge in [-0.2, -0.15) is 5.26 Å². The number of nitrogens with one attached hydrogen (secondary N) is 1. The van der Waals surface area contributed by atoms with E-state index in [1.54, 1.807) is 31.0 Å². The topological polar surface area (TPSA) is 76.3 Å². The molecule has 0 saturated heterocycles. The van der Waals surface area contributed by atoms with Gasteiger partial charge in [0.25, 0.3) is 5.91 Å². The van der Waals surface area contributed by atoms with Gasteiger partial charge in [-0.15, -0.1) is 0 Å². The molecule has 6 nitrogen and oxygen atoms in total. The normalized spacial score (nSPS) is 10.4. The second kappa shape index (κ2) is 9.19. The Labute approximate surface area is 176 Å². The molecule has 1 heterocycles. The van der Waals surface area contributed by atoms with E-state index in [-0.39, 0.29) is 5.91 Å². The number of ether oxygens (including phenoxy) is 2. The Morgan fingerprint density at radius 2 is 1.83 bits per heavy atom. The molecule has 0 aliphatic heterocycles. The van der Waals surface area contributed by atoms with Gasteiger partial charge in [0, 0.05) is 18.4 Å². The number of methoxy groups -OCH3 is 2. The number of hydrogen-bond acceptors (Lipinski definition) is 4. The number of carbonyl (C=O) groups is 1. The predicted molar refractivity (Wildman–Crippen MR) is 116 cm³/mol. The summed E-state index contributed by atoms with van der Waals surface area (Å²) in [7, 11) is 3.18. The Hall–Kier alpha value is -3.72. The number of amides is 1. The van der Waals surface area contributed by atoms with E-state index in [9.17, 15) is 10.1 Å². The fourth-order valence-corrected chi connectivity index (χ4v) is 3.47. The number of carbonyl (C=O) groups excluding carboxylic acids is 1. The summed E-state index contributed by atoms with van der Waals surface area (Å²) >= 11 is 0. The number of hydrogen-bond donors (Lipinski definition) is 1. The molecule has 1 amide bonds. The van der Waals surface area contributed by atoms with E-state index in [4.69, 9.17) is 9.47 Å². The first kappa shape index (κ1) is 21.0. The van der Waals surface area contributed by atoms with Crippen LogP contribution in [0.15, 0.2) is 48.7 Å². The molecule has 1 N–H and O–H groups in total. The molecular weight excluding hydrogens is 378 g/mol. The van der Waals surface area contributed by atoms with E-state index < -0.39 is 0 Å². The average Bonchev–Trinajstić information content (AvgIpc) is 3.17. The lowest BCUT2D eigenvalue weighted by Gasteiger charge is -2.14. The van der Waals surface area contributed by atoms with Crippen LogP contribution in [0.1, 0.15) is 32.7 Å². The third-order valence-corrected chi connectivity index (χ3v) is 4.98. The van der Waals surface area contributed by atoms with Crippen LogP contribution in [0.5, 0.6) is 11.5 Å². The maximum atomic E-state index is 12.9. The zero-order valence-corrected chi connectivity index (χ0v) is 17.7. The van der Waals surface area contributed by atoms with Gasteiger partial charge < -0.3 is 19.4 Å². The van der Waals surface area contributed by atoms with Gasteiger partial charge in [0.1, 0.15) is 11.8 Å². The van der Waals surface area contributed by atoms with Gasteiger partial charge in [-0.25, -0.2) is 0 Å². The molecule has 0 fully saturated rings. The van der Waals surface area contributed by atoms with Crippen molar-refractivity contribution in [2.45, 2.75) is 20.3 Å². The van der Waals surface area contributed by atoms with Crippen molar-refractivity contribution in [3.05, 3.63) is 76.6 Å². The molecule has 30 heavy (non-hydrogen) atoms. The summed E-state index contributed by atoms with van der Waals surface area (Å²) in [5.74, 6) is 1.03. The van der Waals surface area contributed by atoms with Crippen molar-refractivity contribution >= 4 is 5.91 Å². The minimum atomic E-state index is -0.281. The average molecular weight is 403 g/mol. The van der Waals surface area contributed by atoms with Gasteiger partial charge in [-0.3, -0.25) is 4.79 Å². The Balaban J connectivity index is 1.78. The number of rotatable bonds is 7. The summed E-state index contributed by atoms with van der Waals surface area (Å²) in [6, 6.07) is 15.5. The van der Waals surface area contributed by atoms with Gasteiger partial charge in [-0.05, 0) is 55.7 Å². The standard InChI is InChI=1S/C24H25N3O3/c1-16-5-7-20(17(2)13-16)27-12-10-19(15-25)23(27)24(28)26-11-9-18-6-8-21(29-3)22(14-18)30-4/h5-8,10,12-14H,9,11H2,1-4H3,(H,26,28). The van der Waals surface area contributed by atoms with Crippen molar-refractivity contribution in [1.82, 2.24) is 9.88 Å². The van der Waals surface area contributed by atoms with Gasteiger partial charge in [-0.1, -0.05) is 23.8 Å². The summed E-state index contributed by atoms with van der Waals surface area (Å²) in [6.45, 7) is 4.44. The van der Waals surface area contributed by atoms with Crippen molar-refractivity contribution in [3.8, 4) is 23.3 Å². The van der Waals surface area contributed by atoms with Crippen LogP contribution < -0.4 is 14.8 Å². The highest BCUT2D eigenvalue weighted by Gasteiger charge is 2.19. The summed E-state index contributed by atoms with van der Waals surface area (Å²) in [5, 5.41) is 12.4. The Kier molecular flexibility index (Phi) is 6.43. The van der Waals surface area contributed by atoms with Crippen LogP contribution in [-0.4, -0.2) is 31.2 Å². The van der Waals surface area contributed by atoms with Gasteiger partial charge in [0.2, 0.25) is 0 Å². The molecule has 6 heteroatoms. The minimum Gasteiger partial charge on any atom is -0.493 e. The maximum Gasteiger partial charge on any atom is 0.269 e. The fraction of sp³-hybridized carbons (Fsp3) is 0.250. The lowest BCUT2D eigenvalue weighted by atomic mass is 10.1. The second-order valence-electron chi connectivity index (χ2n) is 7.05. The highest BCUT2D eigenvalue weighted by Crippen LogP contribution is 2.27. The lowest BCUT2D eigenvalue weighted by molar-refractivity contribution is 0.0947. The zero-order chi connectivity index (χ0) is 21.7. The molecule has 3 rings (SSSR count). The van der Waals surface area contributed by atoms with Crippen molar-refractivity contribution in [1.29, 1.82) is 5.26 Å². The number of benzene rings is 2. The summed E-state index contributed by atoms with van der Waals surface area (Å²) in [4.78, 5) is 12.9. The summed E-state index contributed by atoms with van der Waals surface area (Å²) < 4.78 is 12.4. The zero-order valence-electron chi connectivity index (χ0n) is 17.7. The molecule has 0 bridgehead atoms. The molecule has 2 aromatic carbocycles. The second-order valence-corrected chi connectivity index (χ2v) is 7.05. The Morgan fingerprint density at radius 3 is 2.50 bits per heavy atom. The van der Waals surface area contributed by atoms with E-state index >= 15 is 0 Å². The van der Waals surface area contributed by atoms with Crippen LogP contribution in [0, 0.1) is 25.2 Å². The third kappa shape index (κ3) is 4.31. The summed E-state index contributed by atoms with van der Waals surface area (Å²) in [5.41, 5.74) is 4.76. The first-order valence-corrected chi connectivity index (χ1v) is 9.66. The molecule has 154 valence electrons. The van der Waals surface area contributed by atoms with E-state index in [0.29, 0.717) is 35.7 Å². The molecule has 0 aliphatic rings. The SMILES string of the molecule is COc1ccc(CCNC(=O)c2c(C#N)ccn2-c2ccc(C)cc2C)cc1OC. The first-order chi connectivity index (χ1) is 14.5. The monoisotopic (exact) mass is 403 g/mol. The molecule has 0 atom stereocenters. The Morgan fingerprint density at radius 1 is 1.07 bits per heavy atom. The van der Waals surface area contributed by atoms with Crippen molar-refractivity contribution < 1.29 is 14.3 Å². The van der Waals surface area contributed by atoms with E-state index in [1.165, 1.54) is 0 Å². The van der Waals surface area contributed by atoms with Crippen LogP contribution >= 0.6 is 0 Å². The summed E-state index contributed by atoms with van der Waals surface area (Å²) in [6.07, 6.45) is 2.39. The molecular formula is C24H25N3O3. The predicted octanol–water partition coefficient (Wildman–Crippen LogP) is 3.96. The molecule has 0 saturated carbocycles. The number of aryl methyl sites for hydroxylation is 2. The van der Waals surface area contributed by atoms with E-state index in [0.717, 1.165) is 22.4 Å². The van der Waals surface area contributed by atoms with Crippen LogP contribution in [0.2, 0.25) is 0 Å². The van der Waals surface area contributed by atoms with Crippen LogP contribution in [0.25, 0.3) is 5.69 Å². The lowest BCUT2D eigenvalue weighted by Crippen LogP contribution is -2.28. The largest absolute Gasteiger partial charge is 0.493 e. The molecule has 0 unspecified atom stereocenters. The first-order valence-electron chi connectivity index (χ1n) is 9.66. The quantitative estimate of drug-likeness (QED) is 0.648. The number of aromatic nitrogens is 1. The Bertz CT molecular complexity index is 1110. The van der Waals surface area contributed by atoms with E-state index in [1.807, 2.05) is 44.2 Å². The van der Waals surface area contributed by atoms with Crippen LogP contribution in [0.4, 0.5) is 0 Å². The molecule has 0 spiro atoms. The van der Waals surface area contributed by atoms with Crippen LogP contribution in [0.3, 0.4) is 0 Å². The van der Waals surface area contributed by atoms with Gasteiger partial charge in [0.05, 0.1) is 19.8 Å². The third-order valence-electron chi connectivity index (χ3n) is 4.98. The highest BCUT2D eigenvalue weighted by atomic mass is 16.5. The van der Waals surface area contributed by atoms with Gasteiger partial charge in [0.15, 0.2) is 11.5 Å². The highest BCUT2D eigenvalue weighted by molar-refractivity contribution is 5.96. The van der Waals surface area contributed by atoms with Crippen LogP contribution in [-0.2, 0) is 6.42 Å². The number of nitriles is 1. The van der Waals surface area contributed by atoms with Crippen molar-refractivity contribution in [2.75, 3.05) is 20.8 Å². The van der Waals surface area contributed by atoms with Crippen molar-refractivity contribution in [3.63, 3.8) is 0 Å². The van der Waals surface area contributed by atoms with E-state index in [2.05, 4.69) is 17.5 Å². The molecule has 1 aromatic heterocycles. The van der Waals surface area contributed by atoms with Crippen molar-refractivity contribution in [2.24, 2.45) is 0 Å².